The smallest absolute Gasteiger partial charge is 0.261 e. The normalized spacial score (nSPS) is 15.4. The van der Waals surface area contributed by atoms with Crippen molar-refractivity contribution < 1.29 is 5.11 Å². The van der Waals surface area contributed by atoms with Crippen molar-refractivity contribution in [1.82, 2.24) is 19.9 Å². The van der Waals surface area contributed by atoms with Gasteiger partial charge in [-0.2, -0.15) is 0 Å². The molecule has 0 radical (unpaired) electrons. The molecule has 0 amide bonds. The minimum atomic E-state index is -0.245. The Morgan fingerprint density at radius 3 is 2.54 bits per heavy atom. The van der Waals surface area contributed by atoms with Gasteiger partial charge in [0.05, 0.1) is 29.4 Å². The summed E-state index contributed by atoms with van der Waals surface area (Å²) in [6.45, 7) is 10.6. The summed E-state index contributed by atoms with van der Waals surface area (Å²) < 4.78 is 0. The van der Waals surface area contributed by atoms with Crippen LogP contribution in [-0.2, 0) is 6.42 Å². The molecule has 1 aliphatic rings. The van der Waals surface area contributed by atoms with Gasteiger partial charge in [-0.15, -0.1) is 0 Å². The first-order valence-electron chi connectivity index (χ1n) is 13.1. The number of aromatic nitrogens is 3. The zero-order valence-electron chi connectivity index (χ0n) is 21.8. The monoisotopic (exact) mass is 500 g/mol. The molecule has 1 atom stereocenters. The Balaban J connectivity index is 1.44. The fourth-order valence-corrected chi connectivity index (χ4v) is 5.18. The predicted molar refractivity (Wildman–Crippen MR) is 150 cm³/mol. The molecule has 1 aliphatic heterocycles. The van der Waals surface area contributed by atoms with E-state index in [0.717, 1.165) is 48.3 Å². The van der Waals surface area contributed by atoms with Crippen molar-refractivity contribution in [3.05, 3.63) is 76.2 Å². The Labute approximate surface area is 217 Å². The molecule has 2 aromatic carbocycles. The molecule has 1 saturated heterocycles. The number of pyridine rings is 1. The first-order valence-corrected chi connectivity index (χ1v) is 13.1. The largest absolute Gasteiger partial charge is 0.394 e. The zero-order chi connectivity index (χ0) is 25.9. The van der Waals surface area contributed by atoms with E-state index >= 15 is 0 Å². The topological polar surface area (TPSA) is 100 Å². The van der Waals surface area contributed by atoms with E-state index in [1.807, 2.05) is 36.4 Å². The molecular formula is C29H36N6O2. The van der Waals surface area contributed by atoms with Gasteiger partial charge >= 0.3 is 0 Å². The van der Waals surface area contributed by atoms with Crippen LogP contribution in [-0.4, -0.2) is 69.8 Å². The molecule has 8 heteroatoms. The second-order valence-electron chi connectivity index (χ2n) is 10.2. The highest BCUT2D eigenvalue weighted by molar-refractivity contribution is 5.87. The molecule has 37 heavy (non-hydrogen) atoms. The summed E-state index contributed by atoms with van der Waals surface area (Å²) in [4.78, 5) is 29.0. The van der Waals surface area contributed by atoms with E-state index in [2.05, 4.69) is 58.0 Å². The van der Waals surface area contributed by atoms with Gasteiger partial charge in [0.15, 0.2) is 0 Å². The first-order chi connectivity index (χ1) is 17.9. The van der Waals surface area contributed by atoms with Crippen molar-refractivity contribution in [3.63, 3.8) is 0 Å². The van der Waals surface area contributed by atoms with Gasteiger partial charge in [-0.1, -0.05) is 30.3 Å². The van der Waals surface area contributed by atoms with Crippen LogP contribution in [0.3, 0.4) is 0 Å². The number of hydrogen-bond donors (Lipinski definition) is 4. The Morgan fingerprint density at radius 1 is 1.08 bits per heavy atom. The van der Waals surface area contributed by atoms with Crippen LogP contribution in [0.5, 0.6) is 0 Å². The summed E-state index contributed by atoms with van der Waals surface area (Å²) in [5.41, 5.74) is 5.97. The third kappa shape index (κ3) is 5.40. The number of fused-ring (bicyclic) bond motifs is 1. The fraction of sp³-hybridized carbons (Fsp3) is 0.379. The Bertz CT molecular complexity index is 1400. The number of aliphatic hydroxyl groups excluding tert-OH is 1. The van der Waals surface area contributed by atoms with Gasteiger partial charge < -0.3 is 25.3 Å². The summed E-state index contributed by atoms with van der Waals surface area (Å²) in [5.74, 6) is 0.514. The van der Waals surface area contributed by atoms with E-state index < -0.39 is 0 Å². The number of imidazole rings is 1. The first kappa shape index (κ1) is 25.0. The van der Waals surface area contributed by atoms with E-state index in [4.69, 9.17) is 4.98 Å². The van der Waals surface area contributed by atoms with E-state index in [0.29, 0.717) is 29.5 Å². The van der Waals surface area contributed by atoms with E-state index in [1.54, 1.807) is 6.20 Å². The standard InChI is InChI=1S/C29H36N6O2/c1-19(2)34-11-13-35(14-12-34)23-15-20(3)27-25(17-23)32-28(33-27)26-24(9-10-30-29(26)37)31-22(18-36)16-21-7-5-4-6-8-21/h4-10,15,17,19,22,36H,11-14,16,18H2,1-3H3,(H,32,33)(H2,30,31,37)/t22-/m1/s1. The number of rotatable bonds is 8. The average molecular weight is 501 g/mol. The van der Waals surface area contributed by atoms with Crippen molar-refractivity contribution in [2.45, 2.75) is 39.3 Å². The van der Waals surface area contributed by atoms with Crippen LogP contribution < -0.4 is 15.8 Å². The number of nitrogens with zero attached hydrogens (tertiary/aromatic N) is 3. The number of benzene rings is 2. The molecule has 3 heterocycles. The number of anilines is 2. The molecular weight excluding hydrogens is 464 g/mol. The maximum atomic E-state index is 13.0. The van der Waals surface area contributed by atoms with Gasteiger partial charge in [0.2, 0.25) is 0 Å². The van der Waals surface area contributed by atoms with Gasteiger partial charge in [0.1, 0.15) is 11.4 Å². The van der Waals surface area contributed by atoms with Crippen LogP contribution in [0, 0.1) is 6.92 Å². The third-order valence-corrected chi connectivity index (χ3v) is 7.27. The van der Waals surface area contributed by atoms with Crippen molar-refractivity contribution in [3.8, 4) is 11.4 Å². The fourth-order valence-electron chi connectivity index (χ4n) is 5.18. The molecule has 8 nitrogen and oxygen atoms in total. The molecule has 0 spiro atoms. The van der Waals surface area contributed by atoms with Gasteiger partial charge in [-0.25, -0.2) is 4.98 Å². The van der Waals surface area contributed by atoms with Crippen LogP contribution in [0.1, 0.15) is 25.0 Å². The van der Waals surface area contributed by atoms with E-state index in [9.17, 15) is 9.90 Å². The molecule has 0 saturated carbocycles. The minimum absolute atomic E-state index is 0.0617. The van der Waals surface area contributed by atoms with Crippen LogP contribution in [0.2, 0.25) is 0 Å². The highest BCUT2D eigenvalue weighted by Gasteiger charge is 2.22. The second-order valence-corrected chi connectivity index (χ2v) is 10.2. The summed E-state index contributed by atoms with van der Waals surface area (Å²) in [6, 6.07) is 16.5. The Kier molecular flexibility index (Phi) is 7.30. The maximum Gasteiger partial charge on any atom is 0.261 e. The van der Waals surface area contributed by atoms with Crippen molar-refractivity contribution >= 4 is 22.4 Å². The molecule has 5 rings (SSSR count). The highest BCUT2D eigenvalue weighted by Crippen LogP contribution is 2.30. The van der Waals surface area contributed by atoms with E-state index in [-0.39, 0.29) is 18.2 Å². The zero-order valence-corrected chi connectivity index (χ0v) is 21.8. The Morgan fingerprint density at radius 2 is 1.84 bits per heavy atom. The van der Waals surface area contributed by atoms with Gasteiger partial charge in [0, 0.05) is 44.1 Å². The number of aromatic amines is 2. The highest BCUT2D eigenvalue weighted by atomic mass is 16.3. The number of aliphatic hydroxyl groups is 1. The number of H-pyrrole nitrogens is 2. The van der Waals surface area contributed by atoms with Crippen molar-refractivity contribution in [2.24, 2.45) is 0 Å². The molecule has 4 N–H and O–H groups in total. The molecule has 0 bridgehead atoms. The molecule has 2 aromatic heterocycles. The average Bonchev–Trinajstić information content (AvgIpc) is 3.33. The SMILES string of the molecule is Cc1cc(N2CCN(C(C)C)CC2)cc2[nH]c(-c3c(N[C@@H](CO)Cc4ccccc4)cc[nH]c3=O)nc12. The molecule has 0 aliphatic carbocycles. The third-order valence-electron chi connectivity index (χ3n) is 7.27. The lowest BCUT2D eigenvalue weighted by Crippen LogP contribution is -2.48. The summed E-state index contributed by atoms with van der Waals surface area (Å²) in [6.07, 6.45) is 2.25. The molecule has 1 fully saturated rings. The number of aryl methyl sites for hydroxylation is 1. The van der Waals surface area contributed by atoms with Crippen LogP contribution >= 0.6 is 0 Å². The molecule has 194 valence electrons. The number of piperazine rings is 1. The maximum absolute atomic E-state index is 13.0. The predicted octanol–water partition coefficient (Wildman–Crippen LogP) is 3.77. The van der Waals surface area contributed by atoms with Crippen molar-refractivity contribution in [1.29, 1.82) is 0 Å². The quantitative estimate of drug-likeness (QED) is 0.294. The van der Waals surface area contributed by atoms with Crippen molar-refractivity contribution in [2.75, 3.05) is 43.0 Å². The van der Waals surface area contributed by atoms with Gasteiger partial charge in [-0.05, 0) is 56.5 Å². The van der Waals surface area contributed by atoms with Crippen LogP contribution in [0.15, 0.2) is 59.5 Å². The lowest BCUT2D eigenvalue weighted by molar-refractivity contribution is 0.209. The summed E-state index contributed by atoms with van der Waals surface area (Å²) in [7, 11) is 0. The molecule has 4 aromatic rings. The van der Waals surface area contributed by atoms with Gasteiger partial charge in [-0.3, -0.25) is 9.69 Å². The summed E-state index contributed by atoms with van der Waals surface area (Å²) >= 11 is 0. The lowest BCUT2D eigenvalue weighted by atomic mass is 10.1. The number of hydrogen-bond acceptors (Lipinski definition) is 6. The van der Waals surface area contributed by atoms with E-state index in [1.165, 1.54) is 5.69 Å². The van der Waals surface area contributed by atoms with Crippen LogP contribution in [0.25, 0.3) is 22.4 Å². The Hall–Kier alpha value is -3.62. The van der Waals surface area contributed by atoms with Crippen LogP contribution in [0.4, 0.5) is 11.4 Å². The summed E-state index contributed by atoms with van der Waals surface area (Å²) in [5, 5.41) is 13.4. The second kappa shape index (κ2) is 10.8. The minimum Gasteiger partial charge on any atom is -0.394 e. The van der Waals surface area contributed by atoms with Gasteiger partial charge in [0.25, 0.3) is 5.56 Å². The number of nitrogens with one attached hydrogen (secondary N) is 3. The lowest BCUT2D eigenvalue weighted by Gasteiger charge is -2.38. The molecule has 0 unspecified atom stereocenters.